The van der Waals surface area contributed by atoms with Crippen molar-refractivity contribution in [3.05, 3.63) is 11.9 Å². The zero-order valence-electron chi connectivity index (χ0n) is 7.53. The van der Waals surface area contributed by atoms with Gasteiger partial charge in [0, 0.05) is 13.1 Å². The molecule has 72 valence electrons. The van der Waals surface area contributed by atoms with E-state index in [-0.39, 0.29) is 6.04 Å². The van der Waals surface area contributed by atoms with Crippen LogP contribution in [0.1, 0.15) is 11.7 Å². The molecule has 2 rings (SSSR count). The van der Waals surface area contributed by atoms with Gasteiger partial charge in [-0.2, -0.15) is 0 Å². The van der Waals surface area contributed by atoms with E-state index >= 15 is 0 Å². The Labute approximate surface area is 76.2 Å². The van der Waals surface area contributed by atoms with Crippen molar-refractivity contribution in [2.75, 3.05) is 20.2 Å². The topological polar surface area (TPSA) is 64.0 Å². The van der Waals surface area contributed by atoms with Crippen molar-refractivity contribution in [2.24, 2.45) is 0 Å². The Morgan fingerprint density at radius 1 is 1.85 bits per heavy atom. The van der Waals surface area contributed by atoms with E-state index in [1.165, 1.54) is 0 Å². The largest absolute Gasteiger partial charge is 0.314 e. The molecule has 0 saturated carbocycles. The minimum absolute atomic E-state index is 0.276. The molecule has 13 heavy (non-hydrogen) atoms. The van der Waals surface area contributed by atoms with Gasteiger partial charge in [0.2, 0.25) is 0 Å². The Morgan fingerprint density at radius 2 is 2.77 bits per heavy atom. The minimum Gasteiger partial charge on any atom is -0.314 e. The van der Waals surface area contributed by atoms with Crippen molar-refractivity contribution in [1.29, 1.82) is 0 Å². The quantitative estimate of drug-likeness (QED) is 0.634. The minimum atomic E-state index is 0.276. The van der Waals surface area contributed by atoms with E-state index in [1.807, 2.05) is 17.9 Å². The molecule has 0 amide bonds. The molecule has 2 heterocycles. The number of aromatic nitrogens is 3. The third-order valence-corrected chi connectivity index (χ3v) is 1.99. The molecule has 0 aromatic carbocycles. The monoisotopic (exact) mass is 183 g/mol. The molecule has 6 heteroatoms. The zero-order chi connectivity index (χ0) is 9.10. The van der Waals surface area contributed by atoms with Crippen LogP contribution in [0.5, 0.6) is 0 Å². The van der Waals surface area contributed by atoms with E-state index in [1.54, 1.807) is 0 Å². The molecule has 1 atom stereocenters. The second-order valence-corrected chi connectivity index (χ2v) is 3.03. The highest BCUT2D eigenvalue weighted by atomic mass is 16.7. The van der Waals surface area contributed by atoms with Crippen LogP contribution in [0.25, 0.3) is 0 Å². The molecular formula is C7H13N5O. The van der Waals surface area contributed by atoms with Crippen molar-refractivity contribution in [1.82, 2.24) is 25.8 Å². The summed E-state index contributed by atoms with van der Waals surface area (Å²) in [4.78, 5) is 5.03. The Kier molecular flexibility index (Phi) is 2.53. The summed E-state index contributed by atoms with van der Waals surface area (Å²) in [6.07, 6.45) is 1.94. The third kappa shape index (κ3) is 1.85. The van der Waals surface area contributed by atoms with Gasteiger partial charge in [0.05, 0.1) is 24.5 Å². The van der Waals surface area contributed by atoms with Gasteiger partial charge >= 0.3 is 0 Å². The molecule has 0 aliphatic carbocycles. The Balaban J connectivity index is 2.03. The normalized spacial score (nSPS) is 22.4. The van der Waals surface area contributed by atoms with Crippen LogP contribution in [-0.4, -0.2) is 35.2 Å². The first-order valence-electron chi connectivity index (χ1n) is 4.30. The summed E-state index contributed by atoms with van der Waals surface area (Å²) in [5.74, 6) is 0. The highest BCUT2D eigenvalue weighted by Gasteiger charge is 2.18. The predicted molar refractivity (Wildman–Crippen MR) is 45.8 cm³/mol. The second kappa shape index (κ2) is 3.82. The lowest BCUT2D eigenvalue weighted by molar-refractivity contribution is 0.0968. The number of nitrogens with one attached hydrogen (secondary N) is 2. The first-order chi connectivity index (χ1) is 6.40. The predicted octanol–water partition coefficient (Wildman–Crippen LogP) is -0.927. The van der Waals surface area contributed by atoms with Crippen molar-refractivity contribution >= 4 is 0 Å². The maximum Gasteiger partial charge on any atom is 0.0964 e. The van der Waals surface area contributed by atoms with Gasteiger partial charge in [-0.25, -0.2) is 10.2 Å². The summed E-state index contributed by atoms with van der Waals surface area (Å²) in [7, 11) is 1.89. The summed E-state index contributed by atoms with van der Waals surface area (Å²) in [5.41, 5.74) is 3.76. The fourth-order valence-electron chi connectivity index (χ4n) is 1.29. The van der Waals surface area contributed by atoms with Crippen LogP contribution in [0.15, 0.2) is 6.20 Å². The molecule has 1 saturated heterocycles. The van der Waals surface area contributed by atoms with Gasteiger partial charge in [-0.1, -0.05) is 5.21 Å². The summed E-state index contributed by atoms with van der Waals surface area (Å²) >= 11 is 0. The van der Waals surface area contributed by atoms with Crippen molar-refractivity contribution in [2.45, 2.75) is 12.6 Å². The second-order valence-electron chi connectivity index (χ2n) is 3.03. The number of nitrogens with zero attached hydrogens (tertiary/aromatic N) is 3. The molecule has 1 aromatic rings. The maximum atomic E-state index is 5.03. The smallest absolute Gasteiger partial charge is 0.0964 e. The average molecular weight is 183 g/mol. The SMILES string of the molecule is CNCc1cn([C@H]2CNOC2)nn1. The number of hydrogen-bond donors (Lipinski definition) is 2. The van der Waals surface area contributed by atoms with E-state index in [9.17, 15) is 0 Å². The van der Waals surface area contributed by atoms with Gasteiger partial charge < -0.3 is 5.32 Å². The lowest BCUT2D eigenvalue weighted by Crippen LogP contribution is -2.14. The number of hydrogen-bond acceptors (Lipinski definition) is 5. The Morgan fingerprint density at radius 3 is 3.46 bits per heavy atom. The highest BCUT2D eigenvalue weighted by molar-refractivity contribution is 4.93. The van der Waals surface area contributed by atoms with E-state index in [0.717, 1.165) is 18.8 Å². The van der Waals surface area contributed by atoms with Crippen molar-refractivity contribution < 1.29 is 4.84 Å². The number of hydroxylamine groups is 1. The molecular weight excluding hydrogens is 170 g/mol. The van der Waals surface area contributed by atoms with E-state index < -0.39 is 0 Å². The van der Waals surface area contributed by atoms with Crippen LogP contribution < -0.4 is 10.8 Å². The van der Waals surface area contributed by atoms with Gasteiger partial charge in [-0.3, -0.25) is 4.84 Å². The average Bonchev–Trinajstić information content (AvgIpc) is 2.70. The van der Waals surface area contributed by atoms with Crippen LogP contribution in [-0.2, 0) is 11.4 Å². The number of rotatable bonds is 3. The standard InChI is InChI=1S/C7H13N5O/c1-8-2-6-4-12(11-10-6)7-3-9-13-5-7/h4,7-9H,2-3,5H2,1H3/t7-/m0/s1. The van der Waals surface area contributed by atoms with Gasteiger partial charge in [0.25, 0.3) is 0 Å². The maximum absolute atomic E-state index is 5.03. The van der Waals surface area contributed by atoms with Gasteiger partial charge in [-0.15, -0.1) is 5.10 Å². The lowest BCUT2D eigenvalue weighted by Gasteiger charge is -2.03. The van der Waals surface area contributed by atoms with Gasteiger partial charge in [0.15, 0.2) is 0 Å². The zero-order valence-corrected chi connectivity index (χ0v) is 7.53. The molecule has 1 aliphatic rings. The summed E-state index contributed by atoms with van der Waals surface area (Å²) < 4.78 is 1.84. The van der Waals surface area contributed by atoms with E-state index in [0.29, 0.717) is 6.61 Å². The molecule has 0 spiro atoms. The van der Waals surface area contributed by atoms with Crippen LogP contribution >= 0.6 is 0 Å². The van der Waals surface area contributed by atoms with Gasteiger partial charge in [0.1, 0.15) is 0 Å². The first-order valence-corrected chi connectivity index (χ1v) is 4.30. The molecule has 1 aromatic heterocycles. The molecule has 0 radical (unpaired) electrons. The summed E-state index contributed by atoms with van der Waals surface area (Å²) in [5, 5.41) is 11.1. The molecule has 2 N–H and O–H groups in total. The van der Waals surface area contributed by atoms with Gasteiger partial charge in [-0.05, 0) is 7.05 Å². The van der Waals surface area contributed by atoms with E-state index in [2.05, 4.69) is 21.1 Å². The Hall–Kier alpha value is -0.980. The summed E-state index contributed by atoms with van der Waals surface area (Å²) in [6, 6.07) is 0.276. The summed E-state index contributed by atoms with van der Waals surface area (Å²) in [6.45, 7) is 2.20. The lowest BCUT2D eigenvalue weighted by atomic mass is 10.3. The first kappa shape index (κ1) is 8.61. The fraction of sp³-hybridized carbons (Fsp3) is 0.714. The highest BCUT2D eigenvalue weighted by Crippen LogP contribution is 2.08. The molecule has 1 aliphatic heterocycles. The van der Waals surface area contributed by atoms with Crippen LogP contribution in [0.2, 0.25) is 0 Å². The molecule has 0 unspecified atom stereocenters. The van der Waals surface area contributed by atoms with Crippen LogP contribution in [0.4, 0.5) is 0 Å². The fourth-order valence-corrected chi connectivity index (χ4v) is 1.29. The van der Waals surface area contributed by atoms with E-state index in [4.69, 9.17) is 4.84 Å². The molecule has 0 bridgehead atoms. The van der Waals surface area contributed by atoms with Crippen LogP contribution in [0, 0.1) is 0 Å². The third-order valence-electron chi connectivity index (χ3n) is 1.99. The molecule has 1 fully saturated rings. The Bertz CT molecular complexity index is 268. The molecule has 6 nitrogen and oxygen atoms in total. The van der Waals surface area contributed by atoms with Crippen molar-refractivity contribution in [3.8, 4) is 0 Å². The van der Waals surface area contributed by atoms with Crippen LogP contribution in [0.3, 0.4) is 0 Å². The van der Waals surface area contributed by atoms with Crippen molar-refractivity contribution in [3.63, 3.8) is 0 Å².